The molecule has 0 saturated carbocycles. The van der Waals surface area contributed by atoms with Crippen molar-refractivity contribution in [2.45, 2.75) is 12.3 Å². The highest BCUT2D eigenvalue weighted by Gasteiger charge is 2.54. The molecule has 0 aromatic heterocycles. The third kappa shape index (κ3) is 2.43. The van der Waals surface area contributed by atoms with E-state index in [-0.39, 0.29) is 17.2 Å². The summed E-state index contributed by atoms with van der Waals surface area (Å²) in [5.74, 6) is -0.843. The van der Waals surface area contributed by atoms with E-state index in [2.05, 4.69) is 18.2 Å². The van der Waals surface area contributed by atoms with Crippen LogP contribution in [0.2, 0.25) is 10.0 Å². The third-order valence-corrected chi connectivity index (χ3v) is 6.02. The van der Waals surface area contributed by atoms with Gasteiger partial charge in [-0.15, -0.1) is 0 Å². The van der Waals surface area contributed by atoms with Crippen LogP contribution in [0.25, 0.3) is 0 Å². The van der Waals surface area contributed by atoms with Crippen LogP contribution in [0.4, 0.5) is 0 Å². The number of allylic oxidation sites excluding steroid dienone is 3. The van der Waals surface area contributed by atoms with Crippen molar-refractivity contribution in [1.82, 2.24) is 4.90 Å². The Kier molecular flexibility index (Phi) is 4.59. The topological polar surface area (TPSA) is 101 Å². The lowest BCUT2D eigenvalue weighted by atomic mass is 9.57. The average molecular weight is 384 g/mol. The molecule has 1 heterocycles. The molecule has 2 unspecified atom stereocenters. The van der Waals surface area contributed by atoms with Crippen LogP contribution >= 0.6 is 23.2 Å². The maximum Gasteiger partial charge on any atom is 0.191 e. The van der Waals surface area contributed by atoms with E-state index in [1.54, 1.807) is 18.2 Å². The van der Waals surface area contributed by atoms with E-state index < -0.39 is 11.3 Å². The maximum atomic E-state index is 9.96. The lowest BCUT2D eigenvalue weighted by molar-refractivity contribution is 0.275. The van der Waals surface area contributed by atoms with Gasteiger partial charge in [0.15, 0.2) is 5.41 Å². The number of benzene rings is 1. The van der Waals surface area contributed by atoms with E-state index >= 15 is 0 Å². The molecule has 1 aliphatic heterocycles. The first kappa shape index (κ1) is 18.2. The number of nitrogens with zero attached hydrogens (tertiary/aromatic N) is 4. The number of hydrogen-bond acceptors (Lipinski definition) is 5. The zero-order chi connectivity index (χ0) is 19.1. The molecule has 2 N–H and O–H groups in total. The summed E-state index contributed by atoms with van der Waals surface area (Å²) in [7, 11) is 1.91. The van der Waals surface area contributed by atoms with E-state index in [9.17, 15) is 15.8 Å². The van der Waals surface area contributed by atoms with Crippen molar-refractivity contribution in [1.29, 1.82) is 15.8 Å². The van der Waals surface area contributed by atoms with Crippen molar-refractivity contribution in [3.63, 3.8) is 0 Å². The van der Waals surface area contributed by atoms with E-state index in [0.29, 0.717) is 22.0 Å². The Morgan fingerprint density at radius 2 is 1.92 bits per heavy atom. The molecule has 2 aliphatic rings. The minimum atomic E-state index is -1.68. The van der Waals surface area contributed by atoms with Crippen LogP contribution in [0.1, 0.15) is 17.9 Å². The van der Waals surface area contributed by atoms with Gasteiger partial charge in [0.1, 0.15) is 6.07 Å². The summed E-state index contributed by atoms with van der Waals surface area (Å²) in [6.45, 7) is 0.731. The van der Waals surface area contributed by atoms with Gasteiger partial charge in [-0.05, 0) is 29.5 Å². The normalized spacial score (nSPS) is 24.0. The Bertz CT molecular complexity index is 944. The van der Waals surface area contributed by atoms with Crippen molar-refractivity contribution in [2.24, 2.45) is 17.1 Å². The molecule has 1 aromatic carbocycles. The van der Waals surface area contributed by atoms with E-state index in [1.807, 2.05) is 18.1 Å². The van der Waals surface area contributed by atoms with Gasteiger partial charge in [0.25, 0.3) is 0 Å². The van der Waals surface area contributed by atoms with Crippen LogP contribution in [0.3, 0.4) is 0 Å². The fourth-order valence-corrected chi connectivity index (χ4v) is 4.36. The zero-order valence-corrected chi connectivity index (χ0v) is 15.5. The van der Waals surface area contributed by atoms with E-state index in [0.717, 1.165) is 12.1 Å². The molecule has 0 saturated heterocycles. The highest BCUT2D eigenvalue weighted by Crippen LogP contribution is 2.56. The Morgan fingerprint density at radius 1 is 1.23 bits per heavy atom. The van der Waals surface area contributed by atoms with Crippen LogP contribution in [-0.4, -0.2) is 18.5 Å². The molecule has 1 aliphatic carbocycles. The molecule has 7 heteroatoms. The van der Waals surface area contributed by atoms with Gasteiger partial charge < -0.3 is 10.6 Å². The summed E-state index contributed by atoms with van der Waals surface area (Å²) in [6, 6.07) is 11.4. The van der Waals surface area contributed by atoms with Gasteiger partial charge in [-0.1, -0.05) is 35.3 Å². The van der Waals surface area contributed by atoms with Gasteiger partial charge >= 0.3 is 0 Å². The highest BCUT2D eigenvalue weighted by molar-refractivity contribution is 6.42. The Morgan fingerprint density at radius 3 is 2.54 bits per heavy atom. The molecule has 0 fully saturated rings. The molecule has 1 aromatic rings. The van der Waals surface area contributed by atoms with Gasteiger partial charge in [-0.25, -0.2) is 0 Å². The summed E-state index contributed by atoms with van der Waals surface area (Å²) < 4.78 is 0. The van der Waals surface area contributed by atoms with Crippen molar-refractivity contribution >= 4 is 23.2 Å². The van der Waals surface area contributed by atoms with E-state index in [4.69, 9.17) is 28.9 Å². The summed E-state index contributed by atoms with van der Waals surface area (Å²) >= 11 is 12.6. The van der Waals surface area contributed by atoms with Crippen LogP contribution < -0.4 is 5.73 Å². The van der Waals surface area contributed by atoms with Gasteiger partial charge in [0.2, 0.25) is 0 Å². The number of rotatable bonds is 1. The Hall–Kier alpha value is -2.65. The molecular weight excluding hydrogens is 369 g/mol. The standard InChI is InChI=1S/C19H15Cl2N5/c1-26-6-5-11-14(8-26)13(7-22)18(25)19(9-23,10-24)16(11)12-3-2-4-15(20)17(12)21/h2-4,8,11,16H,5-6,25H2,1H3. The largest absolute Gasteiger partial charge is 0.399 e. The fourth-order valence-electron chi connectivity index (χ4n) is 3.93. The molecule has 2 atom stereocenters. The SMILES string of the molecule is CN1C=C2C(C#N)=C(N)C(C#N)(C#N)C(c3cccc(Cl)c3Cl)C2CC1. The molecule has 0 amide bonds. The number of halogens is 2. The van der Waals surface area contributed by atoms with Gasteiger partial charge in [0, 0.05) is 25.7 Å². The van der Waals surface area contributed by atoms with Crippen molar-refractivity contribution in [3.05, 3.63) is 56.9 Å². The zero-order valence-electron chi connectivity index (χ0n) is 14.0. The minimum absolute atomic E-state index is 0.0242. The molecule has 26 heavy (non-hydrogen) atoms. The maximum absolute atomic E-state index is 9.96. The molecule has 0 spiro atoms. The number of nitrogens with two attached hydrogens (primary N) is 1. The molecule has 0 radical (unpaired) electrons. The first-order valence-electron chi connectivity index (χ1n) is 8.00. The lowest BCUT2D eigenvalue weighted by Gasteiger charge is -2.44. The first-order valence-corrected chi connectivity index (χ1v) is 8.76. The predicted molar refractivity (Wildman–Crippen MR) is 98.5 cm³/mol. The molecule has 130 valence electrons. The summed E-state index contributed by atoms with van der Waals surface area (Å²) in [5.41, 5.74) is 6.07. The van der Waals surface area contributed by atoms with Crippen molar-refractivity contribution < 1.29 is 0 Å². The number of nitriles is 3. The monoisotopic (exact) mass is 383 g/mol. The first-order chi connectivity index (χ1) is 12.4. The van der Waals surface area contributed by atoms with Crippen molar-refractivity contribution in [2.75, 3.05) is 13.6 Å². The third-order valence-electron chi connectivity index (χ3n) is 5.18. The summed E-state index contributed by atoms with van der Waals surface area (Å²) in [4.78, 5) is 1.97. The van der Waals surface area contributed by atoms with E-state index in [1.165, 1.54) is 0 Å². The van der Waals surface area contributed by atoms with Crippen LogP contribution in [0, 0.1) is 45.3 Å². The van der Waals surface area contributed by atoms with Crippen LogP contribution in [-0.2, 0) is 0 Å². The second kappa shape index (κ2) is 6.58. The lowest BCUT2D eigenvalue weighted by Crippen LogP contribution is -2.44. The smallest absolute Gasteiger partial charge is 0.191 e. The van der Waals surface area contributed by atoms with Crippen LogP contribution in [0.15, 0.2) is 41.2 Å². The number of fused-ring (bicyclic) bond motifs is 1. The molecular formula is C19H15Cl2N5. The summed E-state index contributed by atoms with van der Waals surface area (Å²) in [5, 5.41) is 30.2. The van der Waals surface area contributed by atoms with Crippen LogP contribution in [0.5, 0.6) is 0 Å². The Labute approximate surface area is 162 Å². The average Bonchev–Trinajstić information content (AvgIpc) is 2.64. The molecule has 5 nitrogen and oxygen atoms in total. The van der Waals surface area contributed by atoms with Gasteiger partial charge in [-0.3, -0.25) is 0 Å². The molecule has 0 bridgehead atoms. The fraction of sp³-hybridized carbons (Fsp3) is 0.316. The summed E-state index contributed by atoms with van der Waals surface area (Å²) in [6.07, 6.45) is 2.53. The highest BCUT2D eigenvalue weighted by atomic mass is 35.5. The molecule has 3 rings (SSSR count). The predicted octanol–water partition coefficient (Wildman–Crippen LogP) is 3.70. The van der Waals surface area contributed by atoms with Gasteiger partial charge in [-0.2, -0.15) is 15.8 Å². The van der Waals surface area contributed by atoms with Gasteiger partial charge in [0.05, 0.1) is 33.5 Å². The Balaban J connectivity index is 2.39. The van der Waals surface area contributed by atoms with Crippen molar-refractivity contribution in [3.8, 4) is 18.2 Å². The second-order valence-electron chi connectivity index (χ2n) is 6.51. The quantitative estimate of drug-likeness (QED) is 0.796. The minimum Gasteiger partial charge on any atom is -0.399 e. The second-order valence-corrected chi connectivity index (χ2v) is 7.30. The number of hydrogen-bond donors (Lipinski definition) is 1.